The van der Waals surface area contributed by atoms with Crippen LogP contribution in [0.1, 0.15) is 44.1 Å². The number of nitrogens with zero attached hydrogens (tertiary/aromatic N) is 1. The third kappa shape index (κ3) is 2.67. The van der Waals surface area contributed by atoms with Gasteiger partial charge in [-0.1, -0.05) is 49.6 Å². The van der Waals surface area contributed by atoms with Gasteiger partial charge in [-0.05, 0) is 24.7 Å². The summed E-state index contributed by atoms with van der Waals surface area (Å²) in [7, 11) is 0. The number of hydrogen-bond donors (Lipinski definition) is 0. The topological polar surface area (TPSA) is 31.2 Å². The van der Waals surface area contributed by atoms with Gasteiger partial charge in [-0.2, -0.15) is 0 Å². The van der Waals surface area contributed by atoms with Crippen molar-refractivity contribution < 1.29 is 63.0 Å². The molecule has 0 bridgehead atoms. The molecule has 18 heavy (non-hydrogen) atoms. The van der Waals surface area contributed by atoms with E-state index in [4.69, 9.17) is 0 Å². The summed E-state index contributed by atoms with van der Waals surface area (Å²) >= 11 is 0. The Morgan fingerprint density at radius 1 is 1.17 bits per heavy atom. The second-order valence-electron chi connectivity index (χ2n) is 5.35. The largest absolute Gasteiger partial charge is 1.00 e. The van der Waals surface area contributed by atoms with Gasteiger partial charge in [0.2, 0.25) is 0 Å². The number of fused-ring (bicyclic) bond motifs is 3. The Morgan fingerprint density at radius 3 is 2.72 bits per heavy atom. The van der Waals surface area contributed by atoms with Crippen molar-refractivity contribution in [1.29, 1.82) is 0 Å². The van der Waals surface area contributed by atoms with Crippen molar-refractivity contribution in [2.45, 2.75) is 38.5 Å². The molecule has 2 nitrogen and oxygen atoms in total. The number of benzene rings is 1. The van der Waals surface area contributed by atoms with Crippen LogP contribution in [0.5, 0.6) is 0 Å². The zero-order valence-corrected chi connectivity index (χ0v) is 16.1. The van der Waals surface area contributed by atoms with Gasteiger partial charge in [0.1, 0.15) is 0 Å². The number of rotatable bonds is 0. The molecule has 1 aliphatic carbocycles. The normalized spacial score (nSPS) is 30.3. The standard InChI is InChI=1S/C15H19NO.Rb/c1-10-11-6-2-3-7-12(11)13-8-4-5-9-14(13)16-15(10)17;/h4-5,8-12H,2-3,6-7H2,1H3,(H,16,17);/q;+1/p-1. The molecule has 1 heterocycles. The van der Waals surface area contributed by atoms with Gasteiger partial charge in [0.05, 0.1) is 5.91 Å². The fraction of sp³-hybridized carbons (Fsp3) is 0.533. The van der Waals surface area contributed by atoms with Crippen LogP contribution in [-0.4, -0.2) is 5.91 Å². The van der Waals surface area contributed by atoms with Gasteiger partial charge < -0.3 is 10.1 Å². The Labute approximate surface area is 158 Å². The van der Waals surface area contributed by atoms with Crippen LogP contribution in [0.3, 0.4) is 0 Å². The van der Waals surface area contributed by atoms with Crippen LogP contribution < -0.4 is 58.2 Å². The van der Waals surface area contributed by atoms with Crippen molar-refractivity contribution in [2.75, 3.05) is 0 Å². The minimum absolute atomic E-state index is 0. The Kier molecular flexibility index (Phi) is 5.21. The first-order chi connectivity index (χ1) is 8.27. The van der Waals surface area contributed by atoms with E-state index in [1.807, 2.05) is 12.1 Å². The first-order valence-corrected chi connectivity index (χ1v) is 6.62. The molecule has 1 amide bonds. The maximum Gasteiger partial charge on any atom is 1.00 e. The van der Waals surface area contributed by atoms with Crippen LogP contribution in [0.2, 0.25) is 0 Å². The van der Waals surface area contributed by atoms with Crippen LogP contribution in [0.15, 0.2) is 24.3 Å². The smallest absolute Gasteiger partial charge is 0.626 e. The van der Waals surface area contributed by atoms with Gasteiger partial charge in [0.15, 0.2) is 0 Å². The summed E-state index contributed by atoms with van der Waals surface area (Å²) in [5, 5.41) is 4.31. The maximum absolute atomic E-state index is 12.1. The van der Waals surface area contributed by atoms with Gasteiger partial charge in [-0.25, -0.2) is 0 Å². The van der Waals surface area contributed by atoms with Crippen molar-refractivity contribution in [3.05, 3.63) is 35.1 Å². The second-order valence-corrected chi connectivity index (χ2v) is 5.35. The average Bonchev–Trinajstić information content (AvgIpc) is 2.48. The molecule has 0 spiro atoms. The number of carbonyl (C=O) groups excluding carboxylic acids is 1. The van der Waals surface area contributed by atoms with E-state index in [2.05, 4.69) is 24.4 Å². The summed E-state index contributed by atoms with van der Waals surface area (Å²) < 4.78 is 0. The van der Waals surface area contributed by atoms with Crippen molar-refractivity contribution in [2.24, 2.45) is 11.8 Å². The molecular weight excluding hydrogens is 296 g/mol. The van der Waals surface area contributed by atoms with Gasteiger partial charge in [0.25, 0.3) is 0 Å². The summed E-state index contributed by atoms with van der Waals surface area (Å²) in [5.41, 5.74) is 2.22. The molecule has 3 rings (SSSR count). The van der Waals surface area contributed by atoms with Crippen LogP contribution in [0.4, 0.5) is 5.69 Å². The van der Waals surface area contributed by atoms with E-state index in [0.29, 0.717) is 11.8 Å². The Balaban J connectivity index is 0.00000120. The molecule has 3 unspecified atom stereocenters. The molecule has 3 atom stereocenters. The summed E-state index contributed by atoms with van der Waals surface area (Å²) in [6.45, 7) is 2.06. The molecule has 90 valence electrons. The summed E-state index contributed by atoms with van der Waals surface area (Å²) in [6, 6.07) is 8.19. The summed E-state index contributed by atoms with van der Waals surface area (Å²) in [5.74, 6) is 1.22. The Hall–Kier alpha value is 0.495. The molecule has 0 aromatic heterocycles. The van der Waals surface area contributed by atoms with Gasteiger partial charge in [0, 0.05) is 5.92 Å². The number of hydrogen-bond acceptors (Lipinski definition) is 1. The molecule has 0 saturated heterocycles. The van der Waals surface area contributed by atoms with E-state index in [1.54, 1.807) is 0 Å². The second kappa shape index (κ2) is 6.30. The SMILES string of the molecule is CC1C(=O)[N-]c2ccccc2C2CCCCC12.[Rb+]. The van der Waals surface area contributed by atoms with Crippen LogP contribution in [0, 0.1) is 11.8 Å². The van der Waals surface area contributed by atoms with Crippen LogP contribution in [-0.2, 0) is 4.79 Å². The van der Waals surface area contributed by atoms with E-state index in [1.165, 1.54) is 31.2 Å². The third-order valence-electron chi connectivity index (χ3n) is 4.42. The molecule has 3 heteroatoms. The zero-order valence-electron chi connectivity index (χ0n) is 11.2. The van der Waals surface area contributed by atoms with E-state index in [0.717, 1.165) is 5.69 Å². The summed E-state index contributed by atoms with van der Waals surface area (Å²) in [4.78, 5) is 12.1. The van der Waals surface area contributed by atoms with Crippen LogP contribution >= 0.6 is 0 Å². The van der Waals surface area contributed by atoms with E-state index < -0.39 is 0 Å². The minimum Gasteiger partial charge on any atom is -0.626 e. The Morgan fingerprint density at radius 2 is 1.89 bits per heavy atom. The first-order valence-electron chi connectivity index (χ1n) is 6.62. The molecule has 2 aliphatic rings. The number of amides is 1. The van der Waals surface area contributed by atoms with Gasteiger partial charge in [-0.3, -0.25) is 0 Å². The quantitative estimate of drug-likeness (QED) is 0.707. The van der Waals surface area contributed by atoms with Crippen molar-refractivity contribution in [3.8, 4) is 0 Å². The van der Waals surface area contributed by atoms with Gasteiger partial charge >= 0.3 is 58.2 Å². The third-order valence-corrected chi connectivity index (χ3v) is 4.42. The molecule has 0 radical (unpaired) electrons. The molecule has 1 fully saturated rings. The fourth-order valence-electron chi connectivity index (χ4n) is 3.45. The predicted molar refractivity (Wildman–Crippen MR) is 68.3 cm³/mol. The maximum atomic E-state index is 12.1. The van der Waals surface area contributed by atoms with Crippen LogP contribution in [0.25, 0.3) is 5.32 Å². The molecular formula is C15H18NORb. The van der Waals surface area contributed by atoms with E-state index in [-0.39, 0.29) is 70.0 Å². The summed E-state index contributed by atoms with van der Waals surface area (Å²) in [6.07, 6.45) is 4.95. The zero-order chi connectivity index (χ0) is 11.8. The first kappa shape index (κ1) is 14.9. The average molecular weight is 314 g/mol. The van der Waals surface area contributed by atoms with E-state index >= 15 is 0 Å². The Bertz CT molecular complexity index is 446. The van der Waals surface area contributed by atoms with Crippen molar-refractivity contribution >= 4 is 11.6 Å². The van der Waals surface area contributed by atoms with E-state index in [9.17, 15) is 4.79 Å². The van der Waals surface area contributed by atoms with Crippen molar-refractivity contribution in [3.63, 3.8) is 0 Å². The molecule has 1 saturated carbocycles. The predicted octanol–water partition coefficient (Wildman–Crippen LogP) is 1.15. The number of carbonyl (C=O) groups is 1. The van der Waals surface area contributed by atoms with Gasteiger partial charge in [-0.15, -0.1) is 5.69 Å². The monoisotopic (exact) mass is 313 g/mol. The minimum atomic E-state index is 0. The fourth-order valence-corrected chi connectivity index (χ4v) is 3.45. The van der Waals surface area contributed by atoms with Crippen molar-refractivity contribution in [1.82, 2.24) is 0 Å². The molecule has 1 aliphatic heterocycles. The molecule has 0 N–H and O–H groups in total. The molecule has 1 aromatic carbocycles. The number of para-hydroxylation sites is 1. The molecule has 1 aromatic rings.